The van der Waals surface area contributed by atoms with Crippen LogP contribution < -0.4 is 15.0 Å². The number of amides is 2. The van der Waals surface area contributed by atoms with Crippen LogP contribution in [0.1, 0.15) is 18.4 Å². The first-order valence-corrected chi connectivity index (χ1v) is 9.10. The predicted molar refractivity (Wildman–Crippen MR) is 101 cm³/mol. The first-order valence-electron chi connectivity index (χ1n) is 8.73. The molecule has 0 aliphatic carbocycles. The van der Waals surface area contributed by atoms with Gasteiger partial charge >= 0.3 is 0 Å². The molecule has 26 heavy (non-hydrogen) atoms. The van der Waals surface area contributed by atoms with Crippen LogP contribution in [0.3, 0.4) is 0 Å². The van der Waals surface area contributed by atoms with Crippen LogP contribution in [0.25, 0.3) is 0 Å². The maximum atomic E-state index is 12.7. The third-order valence-corrected chi connectivity index (χ3v) is 5.03. The van der Waals surface area contributed by atoms with Crippen LogP contribution in [-0.4, -0.2) is 25.0 Å². The fourth-order valence-electron chi connectivity index (χ4n) is 3.45. The normalized spacial score (nSPS) is 19.0. The van der Waals surface area contributed by atoms with Gasteiger partial charge in [0, 0.05) is 29.4 Å². The number of hydrogen-bond donors (Lipinski definition) is 1. The smallest absolute Gasteiger partial charge is 0.231 e. The topological polar surface area (TPSA) is 58.6 Å². The van der Waals surface area contributed by atoms with E-state index in [0.29, 0.717) is 30.2 Å². The summed E-state index contributed by atoms with van der Waals surface area (Å²) in [4.78, 5) is 26.3. The molecule has 1 atom stereocenters. The van der Waals surface area contributed by atoms with E-state index in [1.165, 1.54) is 0 Å². The van der Waals surface area contributed by atoms with E-state index in [1.54, 1.807) is 11.0 Å². The van der Waals surface area contributed by atoms with Crippen molar-refractivity contribution in [1.29, 1.82) is 0 Å². The molecule has 4 rings (SSSR count). The van der Waals surface area contributed by atoms with Crippen LogP contribution in [0.4, 0.5) is 11.4 Å². The fraction of sp³-hybridized carbons (Fsp3) is 0.300. The minimum Gasteiger partial charge on any atom is -0.492 e. The summed E-state index contributed by atoms with van der Waals surface area (Å²) >= 11 is 6.04. The minimum absolute atomic E-state index is 0.0967. The van der Waals surface area contributed by atoms with Crippen LogP contribution in [0.15, 0.2) is 42.5 Å². The lowest BCUT2D eigenvalue weighted by Crippen LogP contribution is -2.32. The first kappa shape index (κ1) is 16.9. The van der Waals surface area contributed by atoms with Crippen LogP contribution in [0.2, 0.25) is 5.02 Å². The van der Waals surface area contributed by atoms with Crippen molar-refractivity contribution in [3.8, 4) is 5.75 Å². The third-order valence-electron chi connectivity index (χ3n) is 4.80. The van der Waals surface area contributed by atoms with Gasteiger partial charge in [-0.2, -0.15) is 0 Å². The summed E-state index contributed by atoms with van der Waals surface area (Å²) in [6.07, 6.45) is 2.04. The molecule has 0 saturated carbocycles. The van der Waals surface area contributed by atoms with Gasteiger partial charge in [-0.05, 0) is 54.8 Å². The van der Waals surface area contributed by atoms with E-state index in [2.05, 4.69) is 5.32 Å². The van der Waals surface area contributed by atoms with E-state index in [1.807, 2.05) is 36.4 Å². The summed E-state index contributed by atoms with van der Waals surface area (Å²) in [6, 6.07) is 12.9. The zero-order chi connectivity index (χ0) is 18.1. The van der Waals surface area contributed by atoms with Crippen LogP contribution in [-0.2, 0) is 16.0 Å². The maximum Gasteiger partial charge on any atom is 0.231 e. The summed E-state index contributed by atoms with van der Waals surface area (Å²) in [6.45, 7) is 1.06. The molecule has 2 aromatic rings. The quantitative estimate of drug-likeness (QED) is 0.897. The Morgan fingerprint density at radius 3 is 2.92 bits per heavy atom. The standard InChI is InChI=1S/C20H19ClN2O3/c21-15-6-7-18-13(10-15)9-14(12-26-18)20(25)22-16-3-1-4-17(11-16)23-8-2-5-19(23)24/h1,3-4,6-7,10-11,14H,2,5,8-9,12H2,(H,22,25)/t14-/m1/s1. The van der Waals surface area contributed by atoms with E-state index in [-0.39, 0.29) is 17.7 Å². The maximum absolute atomic E-state index is 12.7. The molecular weight excluding hydrogens is 352 g/mol. The Bertz CT molecular complexity index is 868. The van der Waals surface area contributed by atoms with E-state index >= 15 is 0 Å². The van der Waals surface area contributed by atoms with Crippen molar-refractivity contribution in [2.24, 2.45) is 5.92 Å². The van der Waals surface area contributed by atoms with Gasteiger partial charge in [-0.1, -0.05) is 17.7 Å². The van der Waals surface area contributed by atoms with Crippen molar-refractivity contribution in [2.45, 2.75) is 19.3 Å². The van der Waals surface area contributed by atoms with Crippen molar-refractivity contribution < 1.29 is 14.3 Å². The number of nitrogens with one attached hydrogen (secondary N) is 1. The number of rotatable bonds is 3. The second-order valence-corrected chi connectivity index (χ2v) is 7.09. The molecule has 0 radical (unpaired) electrons. The number of anilines is 2. The molecule has 1 N–H and O–H groups in total. The van der Waals surface area contributed by atoms with E-state index in [4.69, 9.17) is 16.3 Å². The number of hydrogen-bond acceptors (Lipinski definition) is 3. The molecule has 2 heterocycles. The number of benzene rings is 2. The predicted octanol–water partition coefficient (Wildman–Crippen LogP) is 3.66. The zero-order valence-corrected chi connectivity index (χ0v) is 15.0. The third kappa shape index (κ3) is 3.40. The lowest BCUT2D eigenvalue weighted by Gasteiger charge is -2.25. The highest BCUT2D eigenvalue weighted by molar-refractivity contribution is 6.30. The Morgan fingerprint density at radius 1 is 1.23 bits per heavy atom. The van der Waals surface area contributed by atoms with E-state index in [9.17, 15) is 9.59 Å². The molecule has 6 heteroatoms. The first-order chi connectivity index (χ1) is 12.6. The van der Waals surface area contributed by atoms with Crippen molar-refractivity contribution in [3.63, 3.8) is 0 Å². The summed E-state index contributed by atoms with van der Waals surface area (Å²) < 4.78 is 5.70. The fourth-order valence-corrected chi connectivity index (χ4v) is 3.64. The van der Waals surface area contributed by atoms with Gasteiger partial charge in [0.15, 0.2) is 0 Å². The number of fused-ring (bicyclic) bond motifs is 1. The molecular formula is C20H19ClN2O3. The summed E-state index contributed by atoms with van der Waals surface area (Å²) in [5, 5.41) is 3.58. The Morgan fingerprint density at radius 2 is 2.12 bits per heavy atom. The lowest BCUT2D eigenvalue weighted by molar-refractivity contribution is -0.121. The molecule has 0 bridgehead atoms. The molecule has 0 unspecified atom stereocenters. The molecule has 2 aromatic carbocycles. The van der Waals surface area contributed by atoms with E-state index < -0.39 is 0 Å². The Hall–Kier alpha value is -2.53. The highest BCUT2D eigenvalue weighted by Gasteiger charge is 2.27. The van der Waals surface area contributed by atoms with Crippen molar-refractivity contribution >= 4 is 34.8 Å². The van der Waals surface area contributed by atoms with Gasteiger partial charge < -0.3 is 15.0 Å². The average molecular weight is 371 g/mol. The molecule has 0 aromatic heterocycles. The second-order valence-electron chi connectivity index (χ2n) is 6.65. The monoisotopic (exact) mass is 370 g/mol. The molecule has 1 saturated heterocycles. The van der Waals surface area contributed by atoms with Gasteiger partial charge in [0.25, 0.3) is 0 Å². The molecule has 1 fully saturated rings. The van der Waals surface area contributed by atoms with Gasteiger partial charge in [0.2, 0.25) is 11.8 Å². The van der Waals surface area contributed by atoms with Gasteiger partial charge in [0.1, 0.15) is 12.4 Å². The molecule has 2 amide bonds. The largest absolute Gasteiger partial charge is 0.492 e. The second kappa shape index (κ2) is 7.00. The highest BCUT2D eigenvalue weighted by atomic mass is 35.5. The molecule has 134 valence electrons. The number of carbonyl (C=O) groups is 2. The number of ether oxygens (including phenoxy) is 1. The SMILES string of the molecule is O=C(Nc1cccc(N2CCCC2=O)c1)[C@H]1COc2ccc(Cl)cc2C1. The Labute approximate surface area is 156 Å². The molecule has 0 spiro atoms. The van der Waals surface area contributed by atoms with Crippen LogP contribution in [0.5, 0.6) is 5.75 Å². The molecule has 5 nitrogen and oxygen atoms in total. The Kier molecular flexibility index (Phi) is 4.55. The van der Waals surface area contributed by atoms with Gasteiger partial charge in [-0.3, -0.25) is 9.59 Å². The van der Waals surface area contributed by atoms with Gasteiger partial charge in [-0.25, -0.2) is 0 Å². The summed E-state index contributed by atoms with van der Waals surface area (Å²) in [5.41, 5.74) is 2.45. The number of carbonyl (C=O) groups excluding carboxylic acids is 2. The lowest BCUT2D eigenvalue weighted by atomic mass is 9.96. The number of halogens is 1. The Balaban J connectivity index is 1.46. The van der Waals surface area contributed by atoms with Crippen molar-refractivity contribution in [1.82, 2.24) is 0 Å². The van der Waals surface area contributed by atoms with Crippen molar-refractivity contribution in [2.75, 3.05) is 23.4 Å². The number of nitrogens with zero attached hydrogens (tertiary/aromatic N) is 1. The van der Waals surface area contributed by atoms with Gasteiger partial charge in [0.05, 0.1) is 5.92 Å². The molecule has 2 aliphatic heterocycles. The van der Waals surface area contributed by atoms with Crippen molar-refractivity contribution in [3.05, 3.63) is 53.1 Å². The minimum atomic E-state index is -0.280. The van der Waals surface area contributed by atoms with Gasteiger partial charge in [-0.15, -0.1) is 0 Å². The average Bonchev–Trinajstić information content (AvgIpc) is 3.07. The summed E-state index contributed by atoms with van der Waals surface area (Å²) in [5.74, 6) is 0.536. The molecule has 2 aliphatic rings. The van der Waals surface area contributed by atoms with Crippen LogP contribution >= 0.6 is 11.6 Å². The summed E-state index contributed by atoms with van der Waals surface area (Å²) in [7, 11) is 0. The van der Waals surface area contributed by atoms with Crippen LogP contribution in [0, 0.1) is 5.92 Å². The zero-order valence-electron chi connectivity index (χ0n) is 14.2. The highest BCUT2D eigenvalue weighted by Crippen LogP contribution is 2.31. The van der Waals surface area contributed by atoms with E-state index in [0.717, 1.165) is 30.0 Å².